The maximum atomic E-state index is 5.85. The highest BCUT2D eigenvalue weighted by Gasteiger charge is 2.13. The van der Waals surface area contributed by atoms with Gasteiger partial charge in [0, 0.05) is 16.5 Å². The van der Waals surface area contributed by atoms with Gasteiger partial charge in [-0.1, -0.05) is 25.4 Å². The minimum absolute atomic E-state index is 0.305. The maximum Gasteiger partial charge on any atom is 0.197 e. The molecular formula is C13H14ClNO. The lowest BCUT2D eigenvalue weighted by molar-refractivity contribution is 0.481. The molecule has 2 nitrogen and oxygen atoms in total. The lowest BCUT2D eigenvalue weighted by Gasteiger charge is -1.98. The quantitative estimate of drug-likeness (QED) is 0.770. The van der Waals surface area contributed by atoms with Crippen molar-refractivity contribution >= 4 is 11.6 Å². The molecular weight excluding hydrogens is 222 g/mol. The van der Waals surface area contributed by atoms with Gasteiger partial charge in [0.25, 0.3) is 0 Å². The van der Waals surface area contributed by atoms with Crippen molar-refractivity contribution in [1.82, 2.24) is 4.98 Å². The lowest BCUT2D eigenvalue weighted by atomic mass is 10.1. The van der Waals surface area contributed by atoms with Crippen molar-refractivity contribution in [1.29, 1.82) is 0 Å². The van der Waals surface area contributed by atoms with Crippen LogP contribution in [0, 0.1) is 6.92 Å². The van der Waals surface area contributed by atoms with E-state index >= 15 is 0 Å². The van der Waals surface area contributed by atoms with Crippen LogP contribution in [-0.2, 0) is 0 Å². The second-order valence-electron chi connectivity index (χ2n) is 4.13. The topological polar surface area (TPSA) is 26.0 Å². The second-order valence-corrected chi connectivity index (χ2v) is 4.56. The van der Waals surface area contributed by atoms with Crippen molar-refractivity contribution in [3.8, 4) is 11.3 Å². The van der Waals surface area contributed by atoms with Crippen molar-refractivity contribution in [3.05, 3.63) is 40.9 Å². The van der Waals surface area contributed by atoms with Crippen molar-refractivity contribution in [3.63, 3.8) is 0 Å². The fraction of sp³-hybridized carbons (Fsp3) is 0.308. The molecule has 0 amide bonds. The number of halogens is 1. The summed E-state index contributed by atoms with van der Waals surface area (Å²) in [4.78, 5) is 4.41. The van der Waals surface area contributed by atoms with Crippen LogP contribution < -0.4 is 0 Å². The number of nitrogens with zero attached hydrogens (tertiary/aromatic N) is 1. The molecule has 2 rings (SSSR count). The Balaban J connectivity index is 2.44. The van der Waals surface area contributed by atoms with Gasteiger partial charge in [-0.25, -0.2) is 4.98 Å². The molecule has 0 bridgehead atoms. The Bertz CT molecular complexity index is 485. The first-order valence-electron chi connectivity index (χ1n) is 5.31. The van der Waals surface area contributed by atoms with Crippen LogP contribution in [0.15, 0.2) is 28.7 Å². The number of hydrogen-bond acceptors (Lipinski definition) is 2. The van der Waals surface area contributed by atoms with Gasteiger partial charge in [0.05, 0.1) is 5.69 Å². The number of aromatic nitrogens is 1. The Hall–Kier alpha value is -1.28. The van der Waals surface area contributed by atoms with E-state index in [1.54, 1.807) is 0 Å². The van der Waals surface area contributed by atoms with E-state index in [4.69, 9.17) is 16.0 Å². The van der Waals surface area contributed by atoms with Crippen LogP contribution in [-0.4, -0.2) is 4.98 Å². The molecule has 0 saturated carbocycles. The third kappa shape index (κ3) is 2.12. The zero-order chi connectivity index (χ0) is 11.7. The molecule has 0 N–H and O–H groups in total. The number of aryl methyl sites for hydroxylation is 1. The molecule has 1 heterocycles. The molecule has 3 heteroatoms. The van der Waals surface area contributed by atoms with Crippen LogP contribution >= 0.6 is 11.6 Å². The average molecular weight is 236 g/mol. The Kier molecular flexibility index (Phi) is 3.01. The van der Waals surface area contributed by atoms with Crippen molar-refractivity contribution < 1.29 is 4.42 Å². The van der Waals surface area contributed by atoms with E-state index in [1.807, 2.05) is 31.2 Å². The predicted molar refractivity (Wildman–Crippen MR) is 65.8 cm³/mol. The van der Waals surface area contributed by atoms with Crippen LogP contribution in [0.25, 0.3) is 11.3 Å². The molecule has 0 aliphatic carbocycles. The molecule has 0 unspecified atom stereocenters. The fourth-order valence-corrected chi connectivity index (χ4v) is 1.66. The molecule has 1 aromatic heterocycles. The SMILES string of the molecule is Cc1nc(C(C)C)oc1-c1ccc(Cl)cc1. The van der Waals surface area contributed by atoms with Crippen molar-refractivity contribution in [2.75, 3.05) is 0 Å². The summed E-state index contributed by atoms with van der Waals surface area (Å²) in [7, 11) is 0. The summed E-state index contributed by atoms with van der Waals surface area (Å²) in [6.07, 6.45) is 0. The molecule has 0 spiro atoms. The normalized spacial score (nSPS) is 11.1. The smallest absolute Gasteiger partial charge is 0.197 e. The minimum atomic E-state index is 0.305. The van der Waals surface area contributed by atoms with Gasteiger partial charge in [-0.2, -0.15) is 0 Å². The summed E-state index contributed by atoms with van der Waals surface area (Å²) in [6, 6.07) is 7.60. The monoisotopic (exact) mass is 235 g/mol. The minimum Gasteiger partial charge on any atom is -0.440 e. The van der Waals surface area contributed by atoms with Gasteiger partial charge in [-0.05, 0) is 31.2 Å². The van der Waals surface area contributed by atoms with Gasteiger partial charge in [0.2, 0.25) is 0 Å². The first kappa shape index (κ1) is 11.2. The highest BCUT2D eigenvalue weighted by Crippen LogP contribution is 2.28. The predicted octanol–water partition coefficient (Wildman–Crippen LogP) is 4.43. The van der Waals surface area contributed by atoms with Gasteiger partial charge in [-0.15, -0.1) is 0 Å². The third-order valence-electron chi connectivity index (χ3n) is 2.41. The Labute approximate surface area is 100 Å². The van der Waals surface area contributed by atoms with E-state index in [2.05, 4.69) is 18.8 Å². The Morgan fingerprint density at radius 3 is 2.31 bits per heavy atom. The molecule has 1 aromatic carbocycles. The Morgan fingerprint density at radius 1 is 1.19 bits per heavy atom. The number of hydrogen-bond donors (Lipinski definition) is 0. The summed E-state index contributed by atoms with van der Waals surface area (Å²) in [5.41, 5.74) is 1.94. The van der Waals surface area contributed by atoms with E-state index in [9.17, 15) is 0 Å². The summed E-state index contributed by atoms with van der Waals surface area (Å²) in [6.45, 7) is 6.09. The van der Waals surface area contributed by atoms with Crippen molar-refractivity contribution in [2.45, 2.75) is 26.7 Å². The van der Waals surface area contributed by atoms with Crippen molar-refractivity contribution in [2.24, 2.45) is 0 Å². The maximum absolute atomic E-state index is 5.85. The van der Waals surface area contributed by atoms with Gasteiger partial charge in [0.1, 0.15) is 0 Å². The lowest BCUT2D eigenvalue weighted by Crippen LogP contribution is -1.85. The molecule has 0 saturated heterocycles. The van der Waals surface area contributed by atoms with Crippen LogP contribution in [0.3, 0.4) is 0 Å². The van der Waals surface area contributed by atoms with Gasteiger partial charge >= 0.3 is 0 Å². The van der Waals surface area contributed by atoms with Crippen LogP contribution in [0.5, 0.6) is 0 Å². The molecule has 0 atom stereocenters. The van der Waals surface area contributed by atoms with E-state index in [-0.39, 0.29) is 0 Å². The summed E-state index contributed by atoms with van der Waals surface area (Å²) in [5, 5.41) is 0.727. The highest BCUT2D eigenvalue weighted by molar-refractivity contribution is 6.30. The fourth-order valence-electron chi connectivity index (χ4n) is 1.53. The molecule has 0 aliphatic heterocycles. The molecule has 84 valence electrons. The van der Waals surface area contributed by atoms with Crippen LogP contribution in [0.1, 0.15) is 31.4 Å². The van der Waals surface area contributed by atoms with Gasteiger partial charge < -0.3 is 4.42 Å². The van der Waals surface area contributed by atoms with E-state index in [0.717, 1.165) is 27.9 Å². The first-order valence-corrected chi connectivity index (χ1v) is 5.69. The number of rotatable bonds is 2. The van der Waals surface area contributed by atoms with Gasteiger partial charge in [-0.3, -0.25) is 0 Å². The molecule has 2 aromatic rings. The van der Waals surface area contributed by atoms with E-state index in [0.29, 0.717) is 5.92 Å². The number of benzene rings is 1. The summed E-state index contributed by atoms with van der Waals surface area (Å²) in [5.74, 6) is 1.92. The van der Waals surface area contributed by atoms with E-state index in [1.165, 1.54) is 0 Å². The van der Waals surface area contributed by atoms with Crippen LogP contribution in [0.2, 0.25) is 5.02 Å². The number of oxazole rings is 1. The molecule has 0 fully saturated rings. The van der Waals surface area contributed by atoms with Crippen LogP contribution in [0.4, 0.5) is 0 Å². The largest absolute Gasteiger partial charge is 0.440 e. The second kappa shape index (κ2) is 4.30. The van der Waals surface area contributed by atoms with Gasteiger partial charge in [0.15, 0.2) is 11.7 Å². The first-order chi connectivity index (χ1) is 7.58. The average Bonchev–Trinajstić information content (AvgIpc) is 2.62. The summed E-state index contributed by atoms with van der Waals surface area (Å²) >= 11 is 5.85. The molecule has 0 aliphatic rings. The zero-order valence-corrected chi connectivity index (χ0v) is 10.4. The molecule has 0 radical (unpaired) electrons. The third-order valence-corrected chi connectivity index (χ3v) is 2.67. The zero-order valence-electron chi connectivity index (χ0n) is 9.62. The summed E-state index contributed by atoms with van der Waals surface area (Å²) < 4.78 is 5.75. The molecule has 16 heavy (non-hydrogen) atoms. The standard InChI is InChI=1S/C13H14ClNO/c1-8(2)13-15-9(3)12(16-13)10-4-6-11(14)7-5-10/h4-8H,1-3H3. The highest BCUT2D eigenvalue weighted by atomic mass is 35.5. The van der Waals surface area contributed by atoms with E-state index < -0.39 is 0 Å². The Morgan fingerprint density at radius 2 is 1.81 bits per heavy atom.